The summed E-state index contributed by atoms with van der Waals surface area (Å²) in [6.07, 6.45) is 8.29. The van der Waals surface area contributed by atoms with Gasteiger partial charge < -0.3 is 4.74 Å². The third-order valence-electron chi connectivity index (χ3n) is 4.47. The number of nitriles is 1. The van der Waals surface area contributed by atoms with Crippen molar-refractivity contribution in [3.63, 3.8) is 0 Å². The van der Waals surface area contributed by atoms with Gasteiger partial charge in [0.05, 0.1) is 18.2 Å². The lowest BCUT2D eigenvalue weighted by molar-refractivity contribution is 0.0595. The lowest BCUT2D eigenvalue weighted by Gasteiger charge is -2.42. The van der Waals surface area contributed by atoms with Crippen LogP contribution in [-0.2, 0) is 0 Å². The number of hydrogen-bond donors (Lipinski definition) is 0. The Labute approximate surface area is 120 Å². The highest BCUT2D eigenvalue weighted by Gasteiger charge is 2.29. The average Bonchev–Trinajstić information content (AvgIpc) is 2.44. The second kappa shape index (κ2) is 6.23. The van der Waals surface area contributed by atoms with Crippen molar-refractivity contribution in [2.45, 2.75) is 38.1 Å². The van der Waals surface area contributed by atoms with E-state index in [0.717, 1.165) is 12.6 Å². The Morgan fingerprint density at radius 1 is 1.35 bits per heavy atom. The SMILES string of the molecule is N#Cc1ccnc(OCC2CCCN(C3CCC3)C2)c1. The summed E-state index contributed by atoms with van der Waals surface area (Å²) in [6.45, 7) is 3.12. The van der Waals surface area contributed by atoms with Gasteiger partial charge in [0.1, 0.15) is 0 Å². The number of aromatic nitrogens is 1. The Hall–Kier alpha value is -1.60. The van der Waals surface area contributed by atoms with Crippen LogP contribution in [0, 0.1) is 17.2 Å². The Morgan fingerprint density at radius 3 is 3.00 bits per heavy atom. The minimum Gasteiger partial charge on any atom is -0.477 e. The molecule has 1 atom stereocenters. The third kappa shape index (κ3) is 3.10. The van der Waals surface area contributed by atoms with Crippen molar-refractivity contribution in [3.05, 3.63) is 23.9 Å². The summed E-state index contributed by atoms with van der Waals surface area (Å²) in [6, 6.07) is 6.36. The van der Waals surface area contributed by atoms with E-state index in [1.165, 1.54) is 38.6 Å². The predicted octanol–water partition coefficient (Wildman–Crippen LogP) is 2.60. The van der Waals surface area contributed by atoms with Crippen molar-refractivity contribution >= 4 is 0 Å². The molecule has 4 heteroatoms. The first-order valence-electron chi connectivity index (χ1n) is 7.58. The molecule has 2 fully saturated rings. The molecule has 2 aliphatic rings. The highest BCUT2D eigenvalue weighted by molar-refractivity contribution is 5.31. The van der Waals surface area contributed by atoms with E-state index in [2.05, 4.69) is 16.0 Å². The van der Waals surface area contributed by atoms with Gasteiger partial charge in [-0.05, 0) is 38.3 Å². The van der Waals surface area contributed by atoms with Gasteiger partial charge in [0.25, 0.3) is 0 Å². The predicted molar refractivity (Wildman–Crippen MR) is 76.4 cm³/mol. The minimum absolute atomic E-state index is 0.574. The van der Waals surface area contributed by atoms with E-state index in [1.807, 2.05) is 0 Å². The van der Waals surface area contributed by atoms with Crippen LogP contribution < -0.4 is 4.74 Å². The van der Waals surface area contributed by atoms with Gasteiger partial charge in [0, 0.05) is 30.8 Å². The standard InChI is InChI=1S/C16H21N3O/c17-10-13-6-7-18-16(9-13)20-12-14-3-2-8-19(11-14)15-4-1-5-15/h6-7,9,14-15H,1-5,8,11-12H2. The van der Waals surface area contributed by atoms with Crippen LogP contribution >= 0.6 is 0 Å². The Balaban J connectivity index is 1.51. The topological polar surface area (TPSA) is 49.1 Å². The smallest absolute Gasteiger partial charge is 0.214 e. The monoisotopic (exact) mass is 271 g/mol. The highest BCUT2D eigenvalue weighted by atomic mass is 16.5. The molecular formula is C16H21N3O. The molecule has 0 aromatic carbocycles. The fourth-order valence-electron chi connectivity index (χ4n) is 3.08. The van der Waals surface area contributed by atoms with Gasteiger partial charge in [-0.25, -0.2) is 4.98 Å². The first-order valence-corrected chi connectivity index (χ1v) is 7.58. The minimum atomic E-state index is 0.574. The molecule has 1 saturated carbocycles. The van der Waals surface area contributed by atoms with E-state index in [4.69, 9.17) is 10.00 Å². The molecule has 0 amide bonds. The van der Waals surface area contributed by atoms with Crippen LogP contribution in [0.1, 0.15) is 37.7 Å². The number of nitrogens with zero attached hydrogens (tertiary/aromatic N) is 3. The van der Waals surface area contributed by atoms with Gasteiger partial charge in [0.15, 0.2) is 0 Å². The molecule has 1 aliphatic carbocycles. The maximum Gasteiger partial charge on any atom is 0.214 e. The Morgan fingerprint density at radius 2 is 2.25 bits per heavy atom. The van der Waals surface area contributed by atoms with Gasteiger partial charge >= 0.3 is 0 Å². The molecule has 20 heavy (non-hydrogen) atoms. The van der Waals surface area contributed by atoms with E-state index >= 15 is 0 Å². The molecule has 2 heterocycles. The number of ether oxygens (including phenoxy) is 1. The summed E-state index contributed by atoms with van der Waals surface area (Å²) in [5.74, 6) is 1.17. The summed E-state index contributed by atoms with van der Waals surface area (Å²) in [5, 5.41) is 8.87. The number of piperidine rings is 1. The zero-order valence-corrected chi connectivity index (χ0v) is 11.8. The molecule has 1 saturated heterocycles. The molecule has 0 radical (unpaired) electrons. The molecule has 0 N–H and O–H groups in total. The molecule has 1 aromatic heterocycles. The zero-order chi connectivity index (χ0) is 13.8. The Bertz CT molecular complexity index is 493. The fourth-order valence-corrected chi connectivity index (χ4v) is 3.08. The van der Waals surface area contributed by atoms with Gasteiger partial charge in [0.2, 0.25) is 5.88 Å². The first-order chi connectivity index (χ1) is 9.85. The zero-order valence-electron chi connectivity index (χ0n) is 11.8. The number of pyridine rings is 1. The molecule has 0 spiro atoms. The molecule has 1 aromatic rings. The van der Waals surface area contributed by atoms with E-state index in [1.54, 1.807) is 18.3 Å². The van der Waals surface area contributed by atoms with Crippen LogP contribution in [0.5, 0.6) is 5.88 Å². The van der Waals surface area contributed by atoms with Crippen LogP contribution in [-0.4, -0.2) is 35.6 Å². The highest BCUT2D eigenvalue weighted by Crippen LogP contribution is 2.29. The Kier molecular flexibility index (Phi) is 4.17. The second-order valence-corrected chi connectivity index (χ2v) is 5.89. The summed E-state index contributed by atoms with van der Waals surface area (Å²) in [7, 11) is 0. The lowest BCUT2D eigenvalue weighted by Crippen LogP contribution is -2.46. The van der Waals surface area contributed by atoms with Gasteiger partial charge in [-0.2, -0.15) is 5.26 Å². The van der Waals surface area contributed by atoms with Crippen LogP contribution in [0.3, 0.4) is 0 Å². The molecule has 3 rings (SSSR count). The number of likely N-dealkylation sites (tertiary alicyclic amines) is 1. The molecule has 1 unspecified atom stereocenters. The molecule has 0 bridgehead atoms. The summed E-state index contributed by atoms with van der Waals surface area (Å²) >= 11 is 0. The van der Waals surface area contributed by atoms with E-state index in [-0.39, 0.29) is 0 Å². The van der Waals surface area contributed by atoms with Crippen molar-refractivity contribution < 1.29 is 4.74 Å². The first kappa shape index (κ1) is 13.4. The van der Waals surface area contributed by atoms with Crippen LogP contribution in [0.15, 0.2) is 18.3 Å². The van der Waals surface area contributed by atoms with E-state index in [0.29, 0.717) is 24.0 Å². The molecule has 4 nitrogen and oxygen atoms in total. The maximum absolute atomic E-state index is 8.87. The number of hydrogen-bond acceptors (Lipinski definition) is 4. The summed E-state index contributed by atoms with van der Waals surface area (Å²) in [5.41, 5.74) is 0.606. The lowest BCUT2D eigenvalue weighted by atomic mass is 9.88. The van der Waals surface area contributed by atoms with E-state index in [9.17, 15) is 0 Å². The maximum atomic E-state index is 8.87. The quantitative estimate of drug-likeness (QED) is 0.844. The van der Waals surface area contributed by atoms with Crippen molar-refractivity contribution in [2.75, 3.05) is 19.7 Å². The van der Waals surface area contributed by atoms with Gasteiger partial charge in [-0.1, -0.05) is 6.42 Å². The summed E-state index contributed by atoms with van der Waals surface area (Å²) in [4.78, 5) is 6.81. The van der Waals surface area contributed by atoms with E-state index < -0.39 is 0 Å². The van der Waals surface area contributed by atoms with Crippen molar-refractivity contribution in [3.8, 4) is 11.9 Å². The molecule has 106 valence electrons. The molecular weight excluding hydrogens is 250 g/mol. The molecule has 1 aliphatic heterocycles. The largest absolute Gasteiger partial charge is 0.477 e. The second-order valence-electron chi connectivity index (χ2n) is 5.89. The van der Waals surface area contributed by atoms with Gasteiger partial charge in [-0.15, -0.1) is 0 Å². The average molecular weight is 271 g/mol. The van der Waals surface area contributed by atoms with Crippen LogP contribution in [0.2, 0.25) is 0 Å². The van der Waals surface area contributed by atoms with Crippen molar-refractivity contribution in [2.24, 2.45) is 5.92 Å². The van der Waals surface area contributed by atoms with Crippen molar-refractivity contribution in [1.82, 2.24) is 9.88 Å². The van der Waals surface area contributed by atoms with Gasteiger partial charge in [-0.3, -0.25) is 4.90 Å². The normalized spacial score (nSPS) is 23.9. The summed E-state index contributed by atoms with van der Waals surface area (Å²) < 4.78 is 5.78. The van der Waals surface area contributed by atoms with Crippen molar-refractivity contribution in [1.29, 1.82) is 5.26 Å². The third-order valence-corrected chi connectivity index (χ3v) is 4.47. The fraction of sp³-hybridized carbons (Fsp3) is 0.625. The number of rotatable bonds is 4. The van der Waals surface area contributed by atoms with Crippen LogP contribution in [0.4, 0.5) is 0 Å². The van der Waals surface area contributed by atoms with Crippen LogP contribution in [0.25, 0.3) is 0 Å².